The SMILES string of the molecule is O=C(NC(=S)Nc1ccccc1C(=O)N1CCCC1)c1ccccc1Cl. The average molecular weight is 388 g/mol. The number of nitrogens with one attached hydrogen (secondary N) is 2. The molecule has 2 amide bonds. The summed E-state index contributed by atoms with van der Waals surface area (Å²) in [6.07, 6.45) is 2.04. The number of amides is 2. The molecule has 0 bridgehead atoms. The zero-order valence-corrected chi connectivity index (χ0v) is 15.6. The standard InChI is InChI=1S/C19H18ClN3O2S/c20-15-9-3-1-7-13(15)17(24)22-19(26)21-16-10-4-2-8-14(16)18(25)23-11-5-6-12-23/h1-4,7-10H,5-6,11-12H2,(H2,21,22,24,26). The minimum atomic E-state index is -0.406. The molecular formula is C19H18ClN3O2S. The normalized spacial score (nSPS) is 13.3. The summed E-state index contributed by atoms with van der Waals surface area (Å²) in [7, 11) is 0. The van der Waals surface area contributed by atoms with Crippen LogP contribution in [0.2, 0.25) is 5.02 Å². The lowest BCUT2D eigenvalue weighted by molar-refractivity contribution is 0.0793. The number of halogens is 1. The molecule has 2 aromatic carbocycles. The molecule has 3 rings (SSSR count). The minimum Gasteiger partial charge on any atom is -0.339 e. The highest BCUT2D eigenvalue weighted by Gasteiger charge is 2.22. The highest BCUT2D eigenvalue weighted by Crippen LogP contribution is 2.20. The fourth-order valence-corrected chi connectivity index (χ4v) is 3.26. The molecule has 0 aromatic heterocycles. The maximum absolute atomic E-state index is 12.7. The first-order chi connectivity index (χ1) is 12.6. The molecule has 0 spiro atoms. The number of anilines is 1. The fraction of sp³-hybridized carbons (Fsp3) is 0.211. The molecule has 2 aromatic rings. The smallest absolute Gasteiger partial charge is 0.258 e. The molecule has 0 atom stereocenters. The number of hydrogen-bond donors (Lipinski definition) is 2. The lowest BCUT2D eigenvalue weighted by atomic mass is 10.1. The van der Waals surface area contributed by atoms with Gasteiger partial charge in [-0.3, -0.25) is 14.9 Å². The van der Waals surface area contributed by atoms with Crippen LogP contribution < -0.4 is 10.6 Å². The van der Waals surface area contributed by atoms with Crippen LogP contribution in [0.3, 0.4) is 0 Å². The molecule has 1 aliphatic heterocycles. The van der Waals surface area contributed by atoms with Crippen molar-refractivity contribution in [3.8, 4) is 0 Å². The van der Waals surface area contributed by atoms with Gasteiger partial charge in [0.1, 0.15) is 0 Å². The summed E-state index contributed by atoms with van der Waals surface area (Å²) in [4.78, 5) is 26.8. The largest absolute Gasteiger partial charge is 0.339 e. The Bertz CT molecular complexity index is 850. The van der Waals surface area contributed by atoms with Crippen molar-refractivity contribution in [3.05, 3.63) is 64.7 Å². The van der Waals surface area contributed by atoms with E-state index in [4.69, 9.17) is 23.8 Å². The van der Waals surface area contributed by atoms with Gasteiger partial charge in [0.15, 0.2) is 5.11 Å². The van der Waals surface area contributed by atoms with Crippen molar-refractivity contribution in [2.24, 2.45) is 0 Å². The summed E-state index contributed by atoms with van der Waals surface area (Å²) in [6.45, 7) is 1.53. The third-order valence-electron chi connectivity index (χ3n) is 4.14. The molecule has 0 saturated carbocycles. The van der Waals surface area contributed by atoms with E-state index in [1.807, 2.05) is 11.0 Å². The predicted molar refractivity (Wildman–Crippen MR) is 107 cm³/mol. The molecule has 1 saturated heterocycles. The van der Waals surface area contributed by atoms with Crippen LogP contribution in [-0.2, 0) is 0 Å². The Hall–Kier alpha value is -2.44. The molecule has 1 aliphatic rings. The van der Waals surface area contributed by atoms with Crippen LogP contribution >= 0.6 is 23.8 Å². The molecule has 1 fully saturated rings. The second-order valence-electron chi connectivity index (χ2n) is 5.93. The van der Waals surface area contributed by atoms with E-state index in [9.17, 15) is 9.59 Å². The van der Waals surface area contributed by atoms with Gasteiger partial charge in [-0.1, -0.05) is 35.9 Å². The predicted octanol–water partition coefficient (Wildman–Crippen LogP) is 3.70. The molecule has 2 N–H and O–H groups in total. The van der Waals surface area contributed by atoms with Gasteiger partial charge in [-0.25, -0.2) is 0 Å². The van der Waals surface area contributed by atoms with Gasteiger partial charge in [0, 0.05) is 13.1 Å². The van der Waals surface area contributed by atoms with E-state index in [1.54, 1.807) is 42.5 Å². The number of benzene rings is 2. The first kappa shape index (κ1) is 18.4. The Balaban J connectivity index is 1.71. The minimum absolute atomic E-state index is 0.0363. The Labute approximate surface area is 162 Å². The maximum Gasteiger partial charge on any atom is 0.258 e. The van der Waals surface area contributed by atoms with Gasteiger partial charge in [-0.15, -0.1) is 0 Å². The van der Waals surface area contributed by atoms with Gasteiger partial charge in [-0.2, -0.15) is 0 Å². The van der Waals surface area contributed by atoms with Gasteiger partial charge in [0.25, 0.3) is 11.8 Å². The van der Waals surface area contributed by atoms with Gasteiger partial charge in [-0.05, 0) is 49.3 Å². The van der Waals surface area contributed by atoms with Crippen LogP contribution in [0.5, 0.6) is 0 Å². The van der Waals surface area contributed by atoms with Crippen LogP contribution in [0, 0.1) is 0 Å². The van der Waals surface area contributed by atoms with Crippen molar-refractivity contribution < 1.29 is 9.59 Å². The number of rotatable bonds is 3. The molecule has 134 valence electrons. The topological polar surface area (TPSA) is 61.4 Å². The van der Waals surface area contributed by atoms with Crippen LogP contribution in [0.25, 0.3) is 0 Å². The van der Waals surface area contributed by atoms with Gasteiger partial charge < -0.3 is 10.2 Å². The molecule has 0 aliphatic carbocycles. The van der Waals surface area contributed by atoms with Crippen LogP contribution in [0.4, 0.5) is 5.69 Å². The second-order valence-corrected chi connectivity index (χ2v) is 6.75. The fourth-order valence-electron chi connectivity index (χ4n) is 2.84. The quantitative estimate of drug-likeness (QED) is 0.788. The summed E-state index contributed by atoms with van der Waals surface area (Å²) in [5.74, 6) is -0.442. The number of likely N-dealkylation sites (tertiary alicyclic amines) is 1. The third kappa shape index (κ3) is 4.20. The number of carbonyl (C=O) groups is 2. The number of nitrogens with zero attached hydrogens (tertiary/aromatic N) is 1. The number of thiocarbonyl (C=S) groups is 1. The van der Waals surface area contributed by atoms with Crippen molar-refractivity contribution in [1.29, 1.82) is 0 Å². The van der Waals surface area contributed by atoms with E-state index in [2.05, 4.69) is 10.6 Å². The average Bonchev–Trinajstić information content (AvgIpc) is 3.16. The summed E-state index contributed by atoms with van der Waals surface area (Å²) in [6, 6.07) is 13.8. The highest BCUT2D eigenvalue weighted by molar-refractivity contribution is 7.80. The lowest BCUT2D eigenvalue weighted by Gasteiger charge is -2.18. The molecule has 26 heavy (non-hydrogen) atoms. The molecule has 0 radical (unpaired) electrons. The van der Waals surface area contributed by atoms with Crippen LogP contribution in [0.1, 0.15) is 33.6 Å². The summed E-state index contributed by atoms with van der Waals surface area (Å²) >= 11 is 11.3. The summed E-state index contributed by atoms with van der Waals surface area (Å²) < 4.78 is 0. The summed E-state index contributed by atoms with van der Waals surface area (Å²) in [5.41, 5.74) is 1.43. The first-order valence-electron chi connectivity index (χ1n) is 8.31. The van der Waals surface area contributed by atoms with Crippen molar-refractivity contribution in [2.45, 2.75) is 12.8 Å². The zero-order chi connectivity index (χ0) is 18.5. The first-order valence-corrected chi connectivity index (χ1v) is 9.10. The molecule has 1 heterocycles. The molecular weight excluding hydrogens is 370 g/mol. The molecule has 5 nitrogen and oxygen atoms in total. The Kier molecular flexibility index (Phi) is 5.85. The van der Waals surface area contributed by atoms with Gasteiger partial charge >= 0.3 is 0 Å². The lowest BCUT2D eigenvalue weighted by Crippen LogP contribution is -2.35. The van der Waals surface area contributed by atoms with E-state index in [1.165, 1.54) is 0 Å². The maximum atomic E-state index is 12.7. The zero-order valence-electron chi connectivity index (χ0n) is 14.0. The second kappa shape index (κ2) is 8.29. The monoisotopic (exact) mass is 387 g/mol. The van der Waals surface area contributed by atoms with Crippen LogP contribution in [-0.4, -0.2) is 34.9 Å². The number of hydrogen-bond acceptors (Lipinski definition) is 3. The van der Waals surface area contributed by atoms with E-state index >= 15 is 0 Å². The van der Waals surface area contributed by atoms with Crippen molar-refractivity contribution in [2.75, 3.05) is 18.4 Å². The van der Waals surface area contributed by atoms with E-state index in [0.29, 0.717) is 21.8 Å². The van der Waals surface area contributed by atoms with Crippen LogP contribution in [0.15, 0.2) is 48.5 Å². The Morgan fingerprint density at radius 2 is 1.58 bits per heavy atom. The van der Waals surface area contributed by atoms with E-state index in [0.717, 1.165) is 25.9 Å². The Morgan fingerprint density at radius 1 is 0.962 bits per heavy atom. The van der Waals surface area contributed by atoms with E-state index < -0.39 is 5.91 Å². The van der Waals surface area contributed by atoms with Gasteiger partial charge in [0.2, 0.25) is 0 Å². The number of carbonyl (C=O) groups excluding carboxylic acids is 2. The van der Waals surface area contributed by atoms with E-state index in [-0.39, 0.29) is 11.0 Å². The molecule has 7 heteroatoms. The van der Waals surface area contributed by atoms with Crippen molar-refractivity contribution in [1.82, 2.24) is 10.2 Å². The van der Waals surface area contributed by atoms with Crippen molar-refractivity contribution in [3.63, 3.8) is 0 Å². The van der Waals surface area contributed by atoms with Crippen molar-refractivity contribution >= 4 is 46.4 Å². The highest BCUT2D eigenvalue weighted by atomic mass is 35.5. The number of para-hydroxylation sites is 1. The summed E-state index contributed by atoms with van der Waals surface area (Å²) in [5, 5.41) is 5.99. The molecule has 0 unspecified atom stereocenters. The Morgan fingerprint density at radius 3 is 2.27 bits per heavy atom. The van der Waals surface area contributed by atoms with Gasteiger partial charge in [0.05, 0.1) is 21.8 Å². The third-order valence-corrected chi connectivity index (χ3v) is 4.68.